The van der Waals surface area contributed by atoms with Gasteiger partial charge >= 0.3 is 6.18 Å². The maximum absolute atomic E-state index is 12.5. The van der Waals surface area contributed by atoms with Gasteiger partial charge in [-0.1, -0.05) is 24.9 Å². The first-order chi connectivity index (χ1) is 9.24. The van der Waals surface area contributed by atoms with E-state index < -0.39 is 18.6 Å². The van der Waals surface area contributed by atoms with Crippen LogP contribution in [0.4, 0.5) is 13.2 Å². The highest BCUT2D eigenvalue weighted by atomic mass is 79.9. The number of hydrogen-bond donors (Lipinski definition) is 0. The maximum Gasteiger partial charge on any atom is 0.406 e. The lowest BCUT2D eigenvalue weighted by Crippen LogP contribution is -2.39. The van der Waals surface area contributed by atoms with Gasteiger partial charge < -0.3 is 4.90 Å². The number of carbonyl (C=O) groups excluding carboxylic acids is 1. The molecule has 0 aromatic heterocycles. The fraction of sp³-hybridized carbons (Fsp3) is 0.462. The number of hydrogen-bond acceptors (Lipinski definition) is 1. The predicted molar refractivity (Wildman–Crippen MR) is 76.0 cm³/mol. The minimum Gasteiger partial charge on any atom is -0.330 e. The summed E-state index contributed by atoms with van der Waals surface area (Å²) in [7, 11) is 0. The van der Waals surface area contributed by atoms with Crippen molar-refractivity contribution in [3.63, 3.8) is 0 Å². The normalized spacial score (nSPS) is 11.5. The first-order valence-electron chi connectivity index (χ1n) is 6.05. The molecule has 0 radical (unpaired) electrons. The fourth-order valence-corrected chi connectivity index (χ4v) is 2.06. The highest BCUT2D eigenvalue weighted by Gasteiger charge is 2.33. The molecule has 1 aromatic carbocycles. The summed E-state index contributed by atoms with van der Waals surface area (Å²) in [5.74, 6) is -0.662. The number of amides is 1. The Labute approximate surface area is 129 Å². The van der Waals surface area contributed by atoms with Crippen LogP contribution in [0.25, 0.3) is 0 Å². The van der Waals surface area contributed by atoms with Gasteiger partial charge in [-0.05, 0) is 40.5 Å². The average molecular weight is 373 g/mol. The lowest BCUT2D eigenvalue weighted by molar-refractivity contribution is -0.140. The predicted octanol–water partition coefficient (Wildman–Crippen LogP) is 4.91. The molecule has 0 saturated carbocycles. The topological polar surface area (TPSA) is 20.3 Å². The van der Waals surface area contributed by atoms with Crippen LogP contribution in [0.15, 0.2) is 22.7 Å². The molecule has 2 nitrogen and oxygen atoms in total. The van der Waals surface area contributed by atoms with Crippen molar-refractivity contribution in [2.75, 3.05) is 13.1 Å². The summed E-state index contributed by atoms with van der Waals surface area (Å²) in [5, 5.41) is 0.290. The Kier molecular flexibility index (Phi) is 6.33. The van der Waals surface area contributed by atoms with E-state index in [9.17, 15) is 18.0 Å². The average Bonchev–Trinajstić information content (AvgIpc) is 2.35. The minimum absolute atomic E-state index is 0.0720. The van der Waals surface area contributed by atoms with Crippen molar-refractivity contribution in [2.24, 2.45) is 0 Å². The number of carbonyl (C=O) groups is 1. The van der Waals surface area contributed by atoms with Crippen molar-refractivity contribution in [1.29, 1.82) is 0 Å². The van der Waals surface area contributed by atoms with E-state index in [1.807, 2.05) is 6.92 Å². The van der Waals surface area contributed by atoms with E-state index >= 15 is 0 Å². The van der Waals surface area contributed by atoms with Crippen molar-refractivity contribution in [2.45, 2.75) is 25.9 Å². The smallest absolute Gasteiger partial charge is 0.330 e. The molecule has 0 aliphatic carbocycles. The second-order valence-corrected chi connectivity index (χ2v) is 5.59. The highest BCUT2D eigenvalue weighted by Crippen LogP contribution is 2.25. The van der Waals surface area contributed by atoms with Crippen LogP contribution in [0.1, 0.15) is 30.1 Å². The van der Waals surface area contributed by atoms with Crippen molar-refractivity contribution < 1.29 is 18.0 Å². The molecule has 0 bridgehead atoms. The van der Waals surface area contributed by atoms with E-state index in [1.54, 1.807) is 6.07 Å². The molecular formula is C13H14BrClF3NO. The van der Waals surface area contributed by atoms with Crippen molar-refractivity contribution in [1.82, 2.24) is 4.90 Å². The number of rotatable bonds is 5. The third-order valence-corrected chi connectivity index (χ3v) is 3.84. The Balaban J connectivity index is 2.93. The SMILES string of the molecule is CCCCN(CC(F)(F)F)C(=O)c1ccc(Br)c(Cl)c1. The summed E-state index contributed by atoms with van der Waals surface area (Å²) in [6.45, 7) is 0.675. The summed E-state index contributed by atoms with van der Waals surface area (Å²) in [6.07, 6.45) is -3.18. The van der Waals surface area contributed by atoms with E-state index in [-0.39, 0.29) is 12.1 Å². The molecule has 1 amide bonds. The Bertz CT molecular complexity index is 479. The molecule has 0 heterocycles. The largest absolute Gasteiger partial charge is 0.406 e. The second kappa shape index (κ2) is 7.31. The van der Waals surface area contributed by atoms with Crippen LogP contribution in [0.5, 0.6) is 0 Å². The number of nitrogens with zero attached hydrogens (tertiary/aromatic N) is 1. The zero-order valence-corrected chi connectivity index (χ0v) is 13.1. The number of benzene rings is 1. The molecule has 0 fully saturated rings. The zero-order valence-electron chi connectivity index (χ0n) is 10.8. The summed E-state index contributed by atoms with van der Waals surface area (Å²) in [5.41, 5.74) is 0.151. The van der Waals surface area contributed by atoms with Gasteiger partial charge in [0, 0.05) is 16.6 Å². The van der Waals surface area contributed by atoms with E-state index in [0.717, 1.165) is 4.90 Å². The van der Waals surface area contributed by atoms with Gasteiger partial charge in [0.2, 0.25) is 0 Å². The molecular weight excluding hydrogens is 359 g/mol. The first-order valence-corrected chi connectivity index (χ1v) is 7.22. The van der Waals surface area contributed by atoms with Gasteiger partial charge in [-0.2, -0.15) is 13.2 Å². The second-order valence-electron chi connectivity index (χ2n) is 4.32. The van der Waals surface area contributed by atoms with Gasteiger partial charge in [-0.3, -0.25) is 4.79 Å². The lowest BCUT2D eigenvalue weighted by Gasteiger charge is -2.24. The quantitative estimate of drug-likeness (QED) is 0.719. The van der Waals surface area contributed by atoms with E-state index in [1.165, 1.54) is 12.1 Å². The molecule has 1 aromatic rings. The third kappa shape index (κ3) is 5.32. The van der Waals surface area contributed by atoms with Crippen molar-refractivity contribution in [3.05, 3.63) is 33.3 Å². The summed E-state index contributed by atoms with van der Waals surface area (Å²) in [6, 6.07) is 4.36. The van der Waals surface area contributed by atoms with Gasteiger partial charge in [0.05, 0.1) is 5.02 Å². The Morgan fingerprint density at radius 1 is 1.40 bits per heavy atom. The summed E-state index contributed by atoms with van der Waals surface area (Å²) >= 11 is 9.03. The van der Waals surface area contributed by atoms with E-state index in [0.29, 0.717) is 22.3 Å². The van der Waals surface area contributed by atoms with Gasteiger partial charge in [0.15, 0.2) is 0 Å². The summed E-state index contributed by atoms with van der Waals surface area (Å²) < 4.78 is 38.2. The van der Waals surface area contributed by atoms with E-state index in [2.05, 4.69) is 15.9 Å². The fourth-order valence-electron chi connectivity index (χ4n) is 1.63. The molecule has 0 unspecified atom stereocenters. The molecule has 0 atom stereocenters. The Hall–Kier alpha value is -0.750. The Morgan fingerprint density at radius 3 is 2.55 bits per heavy atom. The van der Waals surface area contributed by atoms with Crippen LogP contribution in [0.3, 0.4) is 0 Å². The number of halogens is 5. The monoisotopic (exact) mass is 371 g/mol. The van der Waals surface area contributed by atoms with Crippen LogP contribution < -0.4 is 0 Å². The van der Waals surface area contributed by atoms with Gasteiger partial charge in [0.25, 0.3) is 5.91 Å². The van der Waals surface area contributed by atoms with E-state index in [4.69, 9.17) is 11.6 Å². The molecule has 0 N–H and O–H groups in total. The van der Waals surface area contributed by atoms with Crippen LogP contribution in [-0.4, -0.2) is 30.1 Å². The highest BCUT2D eigenvalue weighted by molar-refractivity contribution is 9.10. The zero-order chi connectivity index (χ0) is 15.3. The van der Waals surface area contributed by atoms with Crippen molar-refractivity contribution in [3.8, 4) is 0 Å². The molecule has 7 heteroatoms. The third-order valence-electron chi connectivity index (χ3n) is 2.61. The van der Waals surface area contributed by atoms with Crippen LogP contribution in [0.2, 0.25) is 5.02 Å². The number of alkyl halides is 3. The Morgan fingerprint density at radius 2 is 2.05 bits per heavy atom. The maximum atomic E-state index is 12.5. The standard InChI is InChI=1S/C13H14BrClF3NO/c1-2-3-6-19(8-13(16,17)18)12(20)9-4-5-10(14)11(15)7-9/h4-5,7H,2-3,6,8H2,1H3. The first kappa shape index (κ1) is 17.3. The van der Waals surface area contributed by atoms with Gasteiger partial charge in [-0.25, -0.2) is 0 Å². The molecule has 1 rings (SSSR count). The van der Waals surface area contributed by atoms with Crippen LogP contribution in [0, 0.1) is 0 Å². The van der Waals surface area contributed by atoms with Crippen LogP contribution in [-0.2, 0) is 0 Å². The minimum atomic E-state index is -4.41. The van der Waals surface area contributed by atoms with Gasteiger partial charge in [0.1, 0.15) is 6.54 Å². The number of unbranched alkanes of at least 4 members (excludes halogenated alkanes) is 1. The molecule has 20 heavy (non-hydrogen) atoms. The van der Waals surface area contributed by atoms with Crippen molar-refractivity contribution >= 4 is 33.4 Å². The molecule has 0 aliphatic rings. The summed E-state index contributed by atoms with van der Waals surface area (Å²) in [4.78, 5) is 13.0. The molecule has 0 spiro atoms. The molecule has 0 aliphatic heterocycles. The molecule has 112 valence electrons. The van der Waals surface area contributed by atoms with Crippen LogP contribution >= 0.6 is 27.5 Å². The van der Waals surface area contributed by atoms with Gasteiger partial charge in [-0.15, -0.1) is 0 Å². The molecule has 0 saturated heterocycles. The lowest BCUT2D eigenvalue weighted by atomic mass is 10.2.